The van der Waals surface area contributed by atoms with Gasteiger partial charge in [0.25, 0.3) is 5.91 Å². The van der Waals surface area contributed by atoms with E-state index in [-0.39, 0.29) is 47.7 Å². The molecule has 0 spiro atoms. The van der Waals surface area contributed by atoms with Crippen LogP contribution in [0.5, 0.6) is 5.75 Å². The Morgan fingerprint density at radius 3 is 1.95 bits per heavy atom. The molecule has 0 aliphatic carbocycles. The van der Waals surface area contributed by atoms with Crippen LogP contribution in [0.1, 0.15) is 44.5 Å². The maximum Gasteiger partial charge on any atom is 0.356 e. The molecule has 11 heteroatoms. The number of fused-ring (bicyclic) bond motifs is 1. The minimum absolute atomic E-state index is 0.0793. The number of ether oxygens (including phenoxy) is 2. The molecule has 4 aromatic carbocycles. The van der Waals surface area contributed by atoms with Crippen LogP contribution in [0.4, 0.5) is 5.69 Å². The van der Waals surface area contributed by atoms with E-state index >= 15 is 4.79 Å². The highest BCUT2D eigenvalue weighted by Gasteiger charge is 2.57. The zero-order valence-electron chi connectivity index (χ0n) is 33.2. The lowest BCUT2D eigenvalue weighted by Crippen LogP contribution is -2.69. The Morgan fingerprint density at radius 1 is 0.911 bits per heavy atom. The van der Waals surface area contributed by atoms with Crippen molar-refractivity contribution in [3.63, 3.8) is 0 Å². The summed E-state index contributed by atoms with van der Waals surface area (Å²) in [6.07, 6.45) is 0.818. The molecule has 2 aliphatic rings. The van der Waals surface area contributed by atoms with Crippen LogP contribution in [-0.2, 0) is 23.5 Å². The van der Waals surface area contributed by atoms with Crippen molar-refractivity contribution in [1.29, 1.82) is 0 Å². The van der Waals surface area contributed by atoms with E-state index in [9.17, 15) is 14.4 Å². The predicted octanol–water partition coefficient (Wildman–Crippen LogP) is 6.71. The fraction of sp³-hybridized carbons (Fsp3) is 0.311. The summed E-state index contributed by atoms with van der Waals surface area (Å²) >= 11 is 0. The number of carbonyl (C=O) groups is 4. The van der Waals surface area contributed by atoms with Gasteiger partial charge in [0, 0.05) is 25.9 Å². The number of ketones is 1. The van der Waals surface area contributed by atoms with E-state index < -0.39 is 39.2 Å². The Hall–Kier alpha value is -5.02. The van der Waals surface area contributed by atoms with Gasteiger partial charge in [-0.1, -0.05) is 124 Å². The second kappa shape index (κ2) is 16.2. The van der Waals surface area contributed by atoms with Crippen molar-refractivity contribution in [3.05, 3.63) is 127 Å². The summed E-state index contributed by atoms with van der Waals surface area (Å²) in [5, 5.41) is 2.39. The first-order valence-corrected chi connectivity index (χ1v) is 23.6. The first-order valence-electron chi connectivity index (χ1n) is 18.9. The van der Waals surface area contributed by atoms with Gasteiger partial charge in [-0.15, -0.1) is 0 Å². The number of esters is 1. The molecule has 6 rings (SSSR count). The lowest BCUT2D eigenvalue weighted by molar-refractivity contribution is -0.156. The molecule has 0 radical (unpaired) electrons. The molecule has 3 atom stereocenters. The summed E-state index contributed by atoms with van der Waals surface area (Å²) in [4.78, 5) is 60.3. The third-order valence-corrected chi connectivity index (χ3v) is 20.1. The molecule has 2 amide bonds. The smallest absolute Gasteiger partial charge is 0.356 e. The van der Waals surface area contributed by atoms with Crippen LogP contribution < -0.4 is 25.6 Å². The number of likely N-dealkylation sites (tertiary alicyclic amines) is 1. The first kappa shape index (κ1) is 40.6. The van der Waals surface area contributed by atoms with Crippen LogP contribution in [0.2, 0.25) is 18.1 Å². The fourth-order valence-corrected chi connectivity index (χ4v) is 13.2. The highest BCUT2D eigenvalue weighted by atomic mass is 31.2. The average Bonchev–Trinajstić information content (AvgIpc) is 3.18. The summed E-state index contributed by atoms with van der Waals surface area (Å²) in [6, 6.07) is 33.6. The number of hydrogen-bond acceptors (Lipinski definition) is 7. The highest BCUT2D eigenvalue weighted by molar-refractivity contribution is 7.96. The molecule has 0 unspecified atom stereocenters. The molecule has 2 aliphatic heterocycles. The van der Waals surface area contributed by atoms with Crippen LogP contribution in [0.25, 0.3) is 0 Å². The van der Waals surface area contributed by atoms with E-state index in [1.807, 2.05) is 97.9 Å². The topological polar surface area (TPSA) is 102 Å². The fourth-order valence-electron chi connectivity index (χ4n) is 7.39. The monoisotopic (exact) mass is 790 g/mol. The number of likely N-dealkylation sites (N-methyl/N-ethyl adjacent to an activating group) is 1. The highest BCUT2D eigenvalue weighted by Crippen LogP contribution is 2.51. The van der Waals surface area contributed by atoms with Gasteiger partial charge in [0.15, 0.2) is 20.7 Å². The molecule has 0 aromatic heterocycles. The van der Waals surface area contributed by atoms with Gasteiger partial charge in [-0.3, -0.25) is 14.4 Å². The van der Waals surface area contributed by atoms with E-state index in [1.54, 1.807) is 30.1 Å². The molecule has 0 bridgehead atoms. The van der Waals surface area contributed by atoms with Crippen LogP contribution in [0.15, 0.2) is 122 Å². The van der Waals surface area contributed by atoms with Gasteiger partial charge in [-0.25, -0.2) is 4.79 Å². The molecule has 2 heterocycles. The van der Waals surface area contributed by atoms with Gasteiger partial charge in [-0.05, 0) is 59.2 Å². The van der Waals surface area contributed by atoms with Crippen molar-refractivity contribution >= 4 is 65.8 Å². The standard InChI is InChI=1S/C45H51N2O7PSi/c1-9-27-52-44(51)43(55(33-19-13-10-14-20-33,34-21-15-11-16-22-34)35-23-17-12-18-24-35)47-37(41(42(47)50)31(2)54-56(7,8)45(3,4)5)29-38(48)32-25-26-39-36(28-32)46(6)40(49)30-53-39/h9-26,28,31,37,41H,1,27,29-30H2,2-8H3/t31-,37+,41+/m0/s1. The summed E-state index contributed by atoms with van der Waals surface area (Å²) in [5.41, 5.74) is 1.03. The normalized spacial score (nSPS) is 17.6. The zero-order valence-corrected chi connectivity index (χ0v) is 35.1. The van der Waals surface area contributed by atoms with Crippen molar-refractivity contribution in [2.24, 2.45) is 5.92 Å². The number of β-lactam (4-membered cyclic amide) rings is 1. The Morgan fingerprint density at radius 2 is 1.45 bits per heavy atom. The second-order valence-corrected chi connectivity index (χ2v) is 23.9. The SMILES string of the molecule is C=CCOC(=O)C(N1C(=O)[C@H]([C@H](C)O[Si](C)(C)C(C)(C)C)[C@H]1CC(=O)c1ccc2c(c1)N(C)C(=O)CO2)=P(c1ccccc1)(c1ccccc1)c1ccccc1. The van der Waals surface area contributed by atoms with Crippen molar-refractivity contribution in [1.82, 2.24) is 4.90 Å². The third kappa shape index (κ3) is 7.45. The van der Waals surface area contributed by atoms with Gasteiger partial charge in [-0.2, -0.15) is 0 Å². The van der Waals surface area contributed by atoms with Crippen molar-refractivity contribution < 1.29 is 33.1 Å². The number of nitrogens with zero attached hydrogens (tertiary/aromatic N) is 2. The summed E-state index contributed by atoms with van der Waals surface area (Å²) < 4.78 is 18.5. The van der Waals surface area contributed by atoms with E-state index in [1.165, 1.54) is 11.0 Å². The number of amides is 2. The van der Waals surface area contributed by atoms with E-state index in [0.29, 0.717) is 17.0 Å². The van der Waals surface area contributed by atoms with Crippen LogP contribution in [0.3, 0.4) is 0 Å². The number of Topliss-reactive ketones (excluding diaryl/α,β-unsaturated/α-hetero) is 1. The van der Waals surface area contributed by atoms with Gasteiger partial charge in [0.05, 0.1) is 23.8 Å². The Kier molecular flexibility index (Phi) is 11.8. The van der Waals surface area contributed by atoms with Crippen molar-refractivity contribution in [3.8, 4) is 5.75 Å². The number of benzene rings is 4. The Labute approximate surface area is 331 Å². The summed E-state index contributed by atoms with van der Waals surface area (Å²) in [7, 11) is -0.751. The molecular weight excluding hydrogens is 740 g/mol. The number of carbonyl (C=O) groups excluding carboxylic acids is 4. The minimum Gasteiger partial charge on any atom is -0.482 e. The largest absolute Gasteiger partial charge is 0.482 e. The van der Waals surface area contributed by atoms with Crippen LogP contribution in [0, 0.1) is 5.92 Å². The molecule has 4 aromatic rings. The minimum atomic E-state index is -3.22. The lowest BCUT2D eigenvalue weighted by Gasteiger charge is -2.53. The molecule has 0 saturated carbocycles. The first-order chi connectivity index (χ1) is 26.6. The number of rotatable bonds is 13. The van der Waals surface area contributed by atoms with Gasteiger partial charge in [0.2, 0.25) is 5.91 Å². The summed E-state index contributed by atoms with van der Waals surface area (Å²) in [5.74, 6) is -1.70. The third-order valence-electron chi connectivity index (χ3n) is 11.3. The van der Waals surface area contributed by atoms with Crippen molar-refractivity contribution in [2.45, 2.75) is 64.4 Å². The molecule has 1 saturated heterocycles. The molecule has 1 fully saturated rings. The number of hydrogen-bond donors (Lipinski definition) is 0. The van der Waals surface area contributed by atoms with Gasteiger partial charge >= 0.3 is 5.97 Å². The average molecular weight is 791 g/mol. The quantitative estimate of drug-likeness (QED) is 0.0371. The Balaban J connectivity index is 1.62. The van der Waals surface area contributed by atoms with E-state index in [0.717, 1.165) is 15.9 Å². The molecule has 292 valence electrons. The van der Waals surface area contributed by atoms with Crippen molar-refractivity contribution in [2.75, 3.05) is 25.2 Å². The second-order valence-electron chi connectivity index (χ2n) is 15.8. The lowest BCUT2D eigenvalue weighted by atomic mass is 9.79. The van der Waals surface area contributed by atoms with E-state index in [2.05, 4.69) is 40.4 Å². The number of anilines is 1. The zero-order chi connectivity index (χ0) is 40.4. The molecule has 56 heavy (non-hydrogen) atoms. The van der Waals surface area contributed by atoms with Gasteiger partial charge < -0.3 is 23.7 Å². The molecule has 0 N–H and O–H groups in total. The maximum absolute atomic E-state index is 15.2. The molecular formula is C45H51N2O7PSi. The molecule has 9 nitrogen and oxygen atoms in total. The van der Waals surface area contributed by atoms with E-state index in [4.69, 9.17) is 13.9 Å². The van der Waals surface area contributed by atoms with Gasteiger partial charge in [0.1, 0.15) is 17.8 Å². The maximum atomic E-state index is 15.2. The predicted molar refractivity (Wildman–Crippen MR) is 227 cm³/mol. The van der Waals surface area contributed by atoms with Crippen LogP contribution >= 0.6 is 6.89 Å². The summed E-state index contributed by atoms with van der Waals surface area (Å²) in [6.45, 7) is 13.0. The van der Waals surface area contributed by atoms with Crippen LogP contribution in [-0.4, -0.2) is 74.6 Å². The Bertz CT molecular complexity index is 2080.